The average molecular weight is 326 g/mol. The normalized spacial score (nSPS) is 24.8. The van der Waals surface area contributed by atoms with Crippen LogP contribution >= 0.6 is 15.9 Å². The van der Waals surface area contributed by atoms with Gasteiger partial charge in [-0.15, -0.1) is 0 Å². The summed E-state index contributed by atoms with van der Waals surface area (Å²) >= 11 is 3.47. The lowest BCUT2D eigenvalue weighted by Crippen LogP contribution is -2.62. The molecule has 1 N–H and O–H groups in total. The number of halogens is 1. The highest BCUT2D eigenvalue weighted by molar-refractivity contribution is 9.10. The summed E-state index contributed by atoms with van der Waals surface area (Å²) in [5, 5.41) is 3.10. The van der Waals surface area contributed by atoms with Crippen LogP contribution in [0.25, 0.3) is 0 Å². The number of carbonyl (C=O) groups is 1. The molecule has 0 bridgehead atoms. The molecule has 1 amide bonds. The minimum absolute atomic E-state index is 0.0971. The smallest absolute Gasteiger partial charge is 0.245 e. The lowest BCUT2D eigenvalue weighted by Gasteiger charge is -2.43. The van der Waals surface area contributed by atoms with Crippen molar-refractivity contribution < 1.29 is 4.79 Å². The highest BCUT2D eigenvalue weighted by Gasteiger charge is 2.37. The van der Waals surface area contributed by atoms with Gasteiger partial charge in [0.1, 0.15) is 6.04 Å². The maximum atomic E-state index is 12.7. The molecule has 0 aromatic heterocycles. The summed E-state index contributed by atoms with van der Waals surface area (Å²) in [6.45, 7) is 3.64. The second kappa shape index (κ2) is 6.03. The van der Waals surface area contributed by atoms with Crippen LogP contribution in [0.5, 0.6) is 0 Å². The first-order valence-corrected chi connectivity index (χ1v) is 7.27. The third-order valence-electron chi connectivity index (χ3n) is 3.53. The molecule has 2 atom stereocenters. The molecule has 1 aliphatic heterocycles. The molecule has 104 valence electrons. The SMILES string of the molecule is CNCC1C(=O)N(c2cccc(Br)c2)C(C)CN1C. The van der Waals surface area contributed by atoms with Gasteiger partial charge in [-0.05, 0) is 39.2 Å². The number of nitrogens with one attached hydrogen (secondary N) is 1. The molecule has 1 aromatic carbocycles. The zero-order chi connectivity index (χ0) is 14.0. The van der Waals surface area contributed by atoms with Gasteiger partial charge in [-0.3, -0.25) is 9.69 Å². The molecular weight excluding hydrogens is 306 g/mol. The van der Waals surface area contributed by atoms with E-state index in [1.165, 1.54) is 0 Å². The minimum atomic E-state index is -0.0971. The fourth-order valence-electron chi connectivity index (χ4n) is 2.64. The van der Waals surface area contributed by atoms with Crippen molar-refractivity contribution in [2.24, 2.45) is 0 Å². The largest absolute Gasteiger partial charge is 0.318 e. The van der Waals surface area contributed by atoms with Crippen LogP contribution in [0.2, 0.25) is 0 Å². The Labute approximate surface area is 122 Å². The van der Waals surface area contributed by atoms with Crippen LogP contribution in [0.3, 0.4) is 0 Å². The second-order valence-electron chi connectivity index (χ2n) is 5.05. The molecule has 1 heterocycles. The van der Waals surface area contributed by atoms with E-state index in [0.717, 1.165) is 16.7 Å². The number of hydrogen-bond donors (Lipinski definition) is 1. The third-order valence-corrected chi connectivity index (χ3v) is 4.02. The first kappa shape index (κ1) is 14.5. The first-order chi connectivity index (χ1) is 9.04. The summed E-state index contributed by atoms with van der Waals surface area (Å²) in [7, 11) is 3.89. The van der Waals surface area contributed by atoms with Gasteiger partial charge in [0.05, 0.1) is 0 Å². The third kappa shape index (κ3) is 2.99. The monoisotopic (exact) mass is 325 g/mol. The zero-order valence-corrected chi connectivity index (χ0v) is 13.1. The van der Waals surface area contributed by atoms with Gasteiger partial charge in [0.25, 0.3) is 0 Å². The maximum absolute atomic E-state index is 12.7. The molecule has 0 spiro atoms. The molecule has 4 nitrogen and oxygen atoms in total. The van der Waals surface area contributed by atoms with Gasteiger partial charge in [-0.1, -0.05) is 22.0 Å². The van der Waals surface area contributed by atoms with Crippen LogP contribution in [0.1, 0.15) is 6.92 Å². The fraction of sp³-hybridized carbons (Fsp3) is 0.500. The minimum Gasteiger partial charge on any atom is -0.318 e. The van der Waals surface area contributed by atoms with Crippen LogP contribution in [0.15, 0.2) is 28.7 Å². The molecule has 0 radical (unpaired) electrons. The predicted molar refractivity (Wildman–Crippen MR) is 81.4 cm³/mol. The van der Waals surface area contributed by atoms with Gasteiger partial charge >= 0.3 is 0 Å². The Balaban J connectivity index is 2.30. The van der Waals surface area contributed by atoms with Gasteiger partial charge < -0.3 is 10.2 Å². The van der Waals surface area contributed by atoms with E-state index in [4.69, 9.17) is 0 Å². The topological polar surface area (TPSA) is 35.6 Å². The van der Waals surface area contributed by atoms with Crippen LogP contribution < -0.4 is 10.2 Å². The number of piperazine rings is 1. The number of amides is 1. The van der Waals surface area contributed by atoms with E-state index < -0.39 is 0 Å². The van der Waals surface area contributed by atoms with E-state index in [9.17, 15) is 4.79 Å². The number of benzene rings is 1. The number of hydrogen-bond acceptors (Lipinski definition) is 3. The predicted octanol–water partition coefficient (Wildman–Crippen LogP) is 1.70. The van der Waals surface area contributed by atoms with Crippen molar-refractivity contribution in [3.05, 3.63) is 28.7 Å². The molecule has 1 fully saturated rings. The average Bonchev–Trinajstić information content (AvgIpc) is 2.34. The first-order valence-electron chi connectivity index (χ1n) is 6.48. The van der Waals surface area contributed by atoms with Crippen molar-refractivity contribution in [2.75, 3.05) is 32.1 Å². The molecule has 2 rings (SSSR count). The van der Waals surface area contributed by atoms with Gasteiger partial charge in [0.15, 0.2) is 0 Å². The summed E-state index contributed by atoms with van der Waals surface area (Å²) in [6, 6.07) is 8.00. The van der Waals surface area contributed by atoms with Crippen LogP contribution in [0, 0.1) is 0 Å². The second-order valence-corrected chi connectivity index (χ2v) is 5.97. The van der Waals surface area contributed by atoms with E-state index in [0.29, 0.717) is 6.54 Å². The molecule has 1 saturated heterocycles. The van der Waals surface area contributed by atoms with E-state index in [1.54, 1.807) is 0 Å². The van der Waals surface area contributed by atoms with Gasteiger partial charge in [0, 0.05) is 29.3 Å². The Morgan fingerprint density at radius 2 is 2.21 bits per heavy atom. The quantitative estimate of drug-likeness (QED) is 0.918. The number of nitrogens with zero attached hydrogens (tertiary/aromatic N) is 2. The molecule has 1 aromatic rings. The van der Waals surface area contributed by atoms with Gasteiger partial charge in [-0.2, -0.15) is 0 Å². The number of rotatable bonds is 3. The standard InChI is InChI=1S/C14H20BrN3O/c1-10-9-17(3)13(8-16-2)14(19)18(10)12-6-4-5-11(15)7-12/h4-7,10,13,16H,8-9H2,1-3H3. The number of carbonyl (C=O) groups excluding carboxylic acids is 1. The van der Waals surface area contributed by atoms with Crippen LogP contribution in [-0.2, 0) is 4.79 Å². The summed E-state index contributed by atoms with van der Waals surface area (Å²) in [4.78, 5) is 16.7. The summed E-state index contributed by atoms with van der Waals surface area (Å²) in [5.41, 5.74) is 0.959. The van der Waals surface area contributed by atoms with Crippen molar-refractivity contribution in [3.63, 3.8) is 0 Å². The Morgan fingerprint density at radius 1 is 1.47 bits per heavy atom. The summed E-state index contributed by atoms with van der Waals surface area (Å²) < 4.78 is 0.995. The molecular formula is C14H20BrN3O. The Kier molecular flexibility index (Phi) is 4.60. The lowest BCUT2D eigenvalue weighted by atomic mass is 10.1. The van der Waals surface area contributed by atoms with Crippen molar-refractivity contribution >= 4 is 27.5 Å². The van der Waals surface area contributed by atoms with E-state index in [2.05, 4.69) is 33.1 Å². The fourth-order valence-corrected chi connectivity index (χ4v) is 3.02. The van der Waals surface area contributed by atoms with Crippen molar-refractivity contribution in [1.82, 2.24) is 10.2 Å². The molecule has 5 heteroatoms. The van der Waals surface area contributed by atoms with Crippen LogP contribution in [-0.4, -0.2) is 50.1 Å². The van der Waals surface area contributed by atoms with Crippen molar-refractivity contribution in [2.45, 2.75) is 19.0 Å². The Hall–Kier alpha value is -0.910. The number of anilines is 1. The molecule has 1 aliphatic rings. The van der Waals surface area contributed by atoms with E-state index >= 15 is 0 Å². The Bertz CT molecular complexity index is 466. The van der Waals surface area contributed by atoms with Crippen molar-refractivity contribution in [3.8, 4) is 0 Å². The van der Waals surface area contributed by atoms with E-state index in [-0.39, 0.29) is 18.0 Å². The molecule has 2 unspecified atom stereocenters. The Morgan fingerprint density at radius 3 is 2.84 bits per heavy atom. The van der Waals surface area contributed by atoms with Crippen LogP contribution in [0.4, 0.5) is 5.69 Å². The summed E-state index contributed by atoms with van der Waals surface area (Å²) in [6.07, 6.45) is 0. The van der Waals surface area contributed by atoms with Gasteiger partial charge in [-0.25, -0.2) is 0 Å². The van der Waals surface area contributed by atoms with Crippen molar-refractivity contribution in [1.29, 1.82) is 0 Å². The van der Waals surface area contributed by atoms with Gasteiger partial charge in [0.2, 0.25) is 5.91 Å². The molecule has 0 saturated carbocycles. The lowest BCUT2D eigenvalue weighted by molar-refractivity contribution is -0.126. The number of likely N-dealkylation sites (N-methyl/N-ethyl adjacent to an activating group) is 2. The zero-order valence-electron chi connectivity index (χ0n) is 11.6. The molecule has 19 heavy (non-hydrogen) atoms. The summed E-state index contributed by atoms with van der Waals surface area (Å²) in [5.74, 6) is 0.161. The highest BCUT2D eigenvalue weighted by Crippen LogP contribution is 2.26. The highest BCUT2D eigenvalue weighted by atomic mass is 79.9. The molecule has 0 aliphatic carbocycles. The maximum Gasteiger partial charge on any atom is 0.245 e. The van der Waals surface area contributed by atoms with E-state index in [1.807, 2.05) is 43.3 Å².